The highest BCUT2D eigenvalue weighted by atomic mass is 32.1. The standard InChI is InChI=1S/C17H21NOS/c1-17(13-19,15-5-3-2-4-6-15)12-18-9-7-16-14(11-18)8-10-20-16/h2-6,8,10,19H,7,9,11-13H2,1H3. The van der Waals surface area contributed by atoms with Gasteiger partial charge in [0.25, 0.3) is 0 Å². The van der Waals surface area contributed by atoms with E-state index < -0.39 is 0 Å². The van der Waals surface area contributed by atoms with Gasteiger partial charge in [0, 0.05) is 29.9 Å². The molecule has 1 aliphatic heterocycles. The van der Waals surface area contributed by atoms with Gasteiger partial charge in [-0.1, -0.05) is 37.3 Å². The molecule has 2 heterocycles. The average molecular weight is 287 g/mol. The molecule has 3 rings (SSSR count). The number of rotatable bonds is 4. The van der Waals surface area contributed by atoms with E-state index in [1.54, 1.807) is 0 Å². The molecule has 2 nitrogen and oxygen atoms in total. The van der Waals surface area contributed by atoms with Gasteiger partial charge in [-0.25, -0.2) is 0 Å². The van der Waals surface area contributed by atoms with E-state index in [-0.39, 0.29) is 12.0 Å². The monoisotopic (exact) mass is 287 g/mol. The second-order valence-corrected chi connectivity index (χ2v) is 6.92. The lowest BCUT2D eigenvalue weighted by Gasteiger charge is -2.36. The molecule has 0 amide bonds. The maximum Gasteiger partial charge on any atom is 0.0537 e. The van der Waals surface area contributed by atoms with Crippen LogP contribution in [0.5, 0.6) is 0 Å². The van der Waals surface area contributed by atoms with Crippen molar-refractivity contribution in [3.63, 3.8) is 0 Å². The number of nitrogens with zero attached hydrogens (tertiary/aromatic N) is 1. The topological polar surface area (TPSA) is 23.5 Å². The van der Waals surface area contributed by atoms with Gasteiger partial charge in [0.05, 0.1) is 6.61 Å². The minimum absolute atomic E-state index is 0.185. The first-order valence-corrected chi connectivity index (χ1v) is 8.03. The smallest absolute Gasteiger partial charge is 0.0537 e. The fourth-order valence-corrected chi connectivity index (χ4v) is 3.90. The van der Waals surface area contributed by atoms with E-state index in [0.717, 1.165) is 26.1 Å². The van der Waals surface area contributed by atoms with Gasteiger partial charge in [0.2, 0.25) is 0 Å². The van der Waals surface area contributed by atoms with Gasteiger partial charge in [0.15, 0.2) is 0 Å². The van der Waals surface area contributed by atoms with Crippen LogP contribution in [0.3, 0.4) is 0 Å². The highest BCUT2D eigenvalue weighted by Gasteiger charge is 2.30. The average Bonchev–Trinajstić information content (AvgIpc) is 2.95. The fourth-order valence-electron chi connectivity index (χ4n) is 3.01. The SMILES string of the molecule is CC(CO)(CN1CCc2sccc2C1)c1ccccc1. The van der Waals surface area contributed by atoms with Crippen molar-refractivity contribution in [3.05, 3.63) is 57.8 Å². The van der Waals surface area contributed by atoms with E-state index in [2.05, 4.69) is 47.5 Å². The van der Waals surface area contributed by atoms with Crippen LogP contribution in [-0.2, 0) is 18.4 Å². The number of aliphatic hydroxyl groups excluding tert-OH is 1. The summed E-state index contributed by atoms with van der Waals surface area (Å²) in [7, 11) is 0. The van der Waals surface area contributed by atoms with E-state index in [1.807, 2.05) is 17.4 Å². The minimum Gasteiger partial charge on any atom is -0.395 e. The Labute approximate surface area is 124 Å². The van der Waals surface area contributed by atoms with Crippen molar-refractivity contribution < 1.29 is 5.11 Å². The minimum atomic E-state index is -0.186. The van der Waals surface area contributed by atoms with Crippen LogP contribution in [0, 0.1) is 0 Å². The van der Waals surface area contributed by atoms with Crippen LogP contribution in [0.2, 0.25) is 0 Å². The van der Waals surface area contributed by atoms with Crippen LogP contribution < -0.4 is 0 Å². The molecule has 0 aliphatic carbocycles. The first kappa shape index (κ1) is 13.8. The van der Waals surface area contributed by atoms with Crippen molar-refractivity contribution in [1.82, 2.24) is 4.90 Å². The van der Waals surface area contributed by atoms with Crippen LogP contribution in [0.4, 0.5) is 0 Å². The zero-order chi connectivity index (χ0) is 14.0. The Balaban J connectivity index is 1.76. The van der Waals surface area contributed by atoms with E-state index in [1.165, 1.54) is 16.0 Å². The predicted octanol–water partition coefficient (Wildman–Crippen LogP) is 3.06. The number of fused-ring (bicyclic) bond motifs is 1. The number of aliphatic hydroxyl groups is 1. The number of hydrogen-bond donors (Lipinski definition) is 1. The van der Waals surface area contributed by atoms with Crippen LogP contribution in [-0.4, -0.2) is 29.7 Å². The molecule has 0 spiro atoms. The Morgan fingerprint density at radius 1 is 1.25 bits per heavy atom. The molecule has 20 heavy (non-hydrogen) atoms. The van der Waals surface area contributed by atoms with Gasteiger partial charge in [-0.15, -0.1) is 11.3 Å². The summed E-state index contributed by atoms with van der Waals surface area (Å²) in [6.45, 7) is 5.36. The summed E-state index contributed by atoms with van der Waals surface area (Å²) in [5.74, 6) is 0. The van der Waals surface area contributed by atoms with Crippen molar-refractivity contribution in [2.75, 3.05) is 19.7 Å². The number of thiophene rings is 1. The molecule has 1 aromatic heterocycles. The second kappa shape index (κ2) is 5.68. The molecule has 1 aromatic carbocycles. The van der Waals surface area contributed by atoms with Crippen molar-refractivity contribution in [2.24, 2.45) is 0 Å². The fraction of sp³-hybridized carbons (Fsp3) is 0.412. The van der Waals surface area contributed by atoms with E-state index in [0.29, 0.717) is 0 Å². The van der Waals surface area contributed by atoms with Crippen molar-refractivity contribution in [3.8, 4) is 0 Å². The number of hydrogen-bond acceptors (Lipinski definition) is 3. The van der Waals surface area contributed by atoms with Crippen LogP contribution in [0.1, 0.15) is 22.9 Å². The molecule has 0 saturated heterocycles. The van der Waals surface area contributed by atoms with Crippen molar-refractivity contribution in [1.29, 1.82) is 0 Å². The van der Waals surface area contributed by atoms with Crippen LogP contribution in [0.25, 0.3) is 0 Å². The lowest BCUT2D eigenvalue weighted by atomic mass is 9.82. The summed E-state index contributed by atoms with van der Waals surface area (Å²) in [6, 6.07) is 12.6. The highest BCUT2D eigenvalue weighted by Crippen LogP contribution is 2.29. The lowest BCUT2D eigenvalue weighted by Crippen LogP contribution is -2.43. The van der Waals surface area contributed by atoms with E-state index >= 15 is 0 Å². The first-order valence-electron chi connectivity index (χ1n) is 7.15. The van der Waals surface area contributed by atoms with Crippen molar-refractivity contribution >= 4 is 11.3 Å². The first-order chi connectivity index (χ1) is 9.71. The molecule has 0 fully saturated rings. The van der Waals surface area contributed by atoms with Crippen molar-refractivity contribution in [2.45, 2.75) is 25.3 Å². The molecular formula is C17H21NOS. The maximum atomic E-state index is 9.90. The Kier molecular flexibility index (Phi) is 3.92. The van der Waals surface area contributed by atoms with E-state index in [4.69, 9.17) is 0 Å². The maximum absolute atomic E-state index is 9.90. The summed E-state index contributed by atoms with van der Waals surface area (Å²) in [4.78, 5) is 4.00. The normalized spacial score (nSPS) is 18.5. The molecule has 3 heteroatoms. The Bertz CT molecular complexity index is 565. The molecule has 1 atom stereocenters. The zero-order valence-corrected chi connectivity index (χ0v) is 12.7. The van der Waals surface area contributed by atoms with Gasteiger partial charge in [0.1, 0.15) is 0 Å². The summed E-state index contributed by atoms with van der Waals surface area (Å²) in [5, 5.41) is 12.1. The molecule has 0 bridgehead atoms. The number of benzene rings is 1. The largest absolute Gasteiger partial charge is 0.395 e. The molecule has 106 valence electrons. The van der Waals surface area contributed by atoms with Gasteiger partial charge in [-0.05, 0) is 29.0 Å². The Morgan fingerprint density at radius 2 is 2.05 bits per heavy atom. The van der Waals surface area contributed by atoms with Gasteiger partial charge in [-0.2, -0.15) is 0 Å². The van der Waals surface area contributed by atoms with Crippen LogP contribution in [0.15, 0.2) is 41.8 Å². The van der Waals surface area contributed by atoms with Crippen LogP contribution >= 0.6 is 11.3 Å². The van der Waals surface area contributed by atoms with Gasteiger partial charge < -0.3 is 5.11 Å². The summed E-state index contributed by atoms with van der Waals surface area (Å²) < 4.78 is 0. The molecular weight excluding hydrogens is 266 g/mol. The zero-order valence-electron chi connectivity index (χ0n) is 11.9. The van der Waals surface area contributed by atoms with Gasteiger partial charge in [-0.3, -0.25) is 4.90 Å². The highest BCUT2D eigenvalue weighted by molar-refractivity contribution is 7.10. The summed E-state index contributed by atoms with van der Waals surface area (Å²) in [6.07, 6.45) is 1.14. The third-order valence-electron chi connectivity index (χ3n) is 4.28. The molecule has 2 aromatic rings. The second-order valence-electron chi connectivity index (χ2n) is 5.91. The molecule has 1 N–H and O–H groups in total. The summed E-state index contributed by atoms with van der Waals surface area (Å²) in [5.41, 5.74) is 2.50. The molecule has 1 aliphatic rings. The molecule has 0 radical (unpaired) electrons. The molecule has 0 saturated carbocycles. The predicted molar refractivity (Wildman–Crippen MR) is 84.2 cm³/mol. The molecule has 1 unspecified atom stereocenters. The quantitative estimate of drug-likeness (QED) is 0.934. The third kappa shape index (κ3) is 2.66. The lowest BCUT2D eigenvalue weighted by molar-refractivity contribution is 0.136. The Hall–Kier alpha value is -1.16. The third-order valence-corrected chi connectivity index (χ3v) is 5.30. The van der Waals surface area contributed by atoms with E-state index in [9.17, 15) is 5.11 Å². The summed E-state index contributed by atoms with van der Waals surface area (Å²) >= 11 is 1.87. The Morgan fingerprint density at radius 3 is 2.80 bits per heavy atom. The van der Waals surface area contributed by atoms with Gasteiger partial charge >= 0.3 is 0 Å².